The van der Waals surface area contributed by atoms with Gasteiger partial charge in [-0.1, -0.05) is 58.4 Å². The van der Waals surface area contributed by atoms with Crippen LogP contribution in [0.15, 0.2) is 69.9 Å². The molecule has 7 nitrogen and oxygen atoms in total. The van der Waals surface area contributed by atoms with Crippen LogP contribution >= 0.6 is 0 Å². The van der Waals surface area contributed by atoms with Crippen molar-refractivity contribution in [1.82, 2.24) is 4.90 Å². The lowest BCUT2D eigenvalue weighted by Crippen LogP contribution is -2.44. The SMILES string of the molecule is CCCN1C2=C(C(=O)CC(C)(C)C2)C(c2ccc(OS(=O)(=O)c3ccc(C)cc3)c(OC)c2)C2=C1CC(C)(C)CC2=O. The Morgan fingerprint density at radius 1 is 0.833 bits per heavy atom. The third kappa shape index (κ3) is 5.53. The molecule has 0 N–H and O–H groups in total. The molecule has 0 amide bonds. The first-order valence-corrected chi connectivity index (χ1v) is 16.1. The van der Waals surface area contributed by atoms with Gasteiger partial charge in [0.2, 0.25) is 0 Å². The molecular formula is C34H41NO6S. The maximum atomic E-state index is 13.9. The molecular weight excluding hydrogens is 550 g/mol. The maximum Gasteiger partial charge on any atom is 0.339 e. The molecule has 224 valence electrons. The van der Waals surface area contributed by atoms with E-state index >= 15 is 0 Å². The normalized spacial score (nSPS) is 20.4. The zero-order valence-corrected chi connectivity index (χ0v) is 26.5. The van der Waals surface area contributed by atoms with Crippen LogP contribution in [0.25, 0.3) is 0 Å². The molecule has 0 atom stereocenters. The summed E-state index contributed by atoms with van der Waals surface area (Å²) in [4.78, 5) is 30.2. The summed E-state index contributed by atoms with van der Waals surface area (Å²) in [5.74, 6) is -0.181. The summed E-state index contributed by atoms with van der Waals surface area (Å²) in [6.45, 7) is 13.2. The van der Waals surface area contributed by atoms with Gasteiger partial charge in [0.15, 0.2) is 23.1 Å². The number of hydrogen-bond acceptors (Lipinski definition) is 7. The summed E-state index contributed by atoms with van der Waals surface area (Å²) in [5, 5.41) is 0. The molecule has 2 aromatic carbocycles. The summed E-state index contributed by atoms with van der Waals surface area (Å²) < 4.78 is 37.3. The molecule has 8 heteroatoms. The fourth-order valence-electron chi connectivity index (χ4n) is 6.68. The first kappa shape index (κ1) is 30.1. The summed E-state index contributed by atoms with van der Waals surface area (Å²) in [6.07, 6.45) is 3.17. The van der Waals surface area contributed by atoms with E-state index in [0.29, 0.717) is 29.6 Å². The molecule has 0 aromatic heterocycles. The lowest BCUT2D eigenvalue weighted by molar-refractivity contribution is -0.119. The van der Waals surface area contributed by atoms with Crippen molar-refractivity contribution in [2.75, 3.05) is 13.7 Å². The van der Waals surface area contributed by atoms with Gasteiger partial charge in [0.05, 0.1) is 7.11 Å². The van der Waals surface area contributed by atoms with Crippen molar-refractivity contribution in [2.45, 2.75) is 84.5 Å². The maximum absolute atomic E-state index is 13.9. The number of rotatable bonds is 7. The zero-order valence-electron chi connectivity index (χ0n) is 25.7. The number of benzene rings is 2. The quantitative estimate of drug-likeness (QED) is 0.325. The number of methoxy groups -OCH3 is 1. The predicted octanol–water partition coefficient (Wildman–Crippen LogP) is 6.87. The van der Waals surface area contributed by atoms with Crippen LogP contribution in [0, 0.1) is 17.8 Å². The molecule has 0 bridgehead atoms. The van der Waals surface area contributed by atoms with Crippen LogP contribution in [0.3, 0.4) is 0 Å². The summed E-state index contributed by atoms with van der Waals surface area (Å²) in [5.41, 5.74) is 4.63. The molecule has 0 fully saturated rings. The largest absolute Gasteiger partial charge is 0.493 e. The van der Waals surface area contributed by atoms with E-state index in [4.69, 9.17) is 8.92 Å². The van der Waals surface area contributed by atoms with Crippen LogP contribution in [0.4, 0.5) is 0 Å². The average molecular weight is 592 g/mol. The second-order valence-electron chi connectivity index (χ2n) is 13.4. The third-order valence-electron chi connectivity index (χ3n) is 8.50. The van der Waals surface area contributed by atoms with Crippen LogP contribution in [-0.2, 0) is 19.7 Å². The fourth-order valence-corrected chi connectivity index (χ4v) is 7.62. The minimum absolute atomic E-state index is 0.0398. The van der Waals surface area contributed by atoms with Crippen molar-refractivity contribution >= 4 is 21.7 Å². The lowest BCUT2D eigenvalue weighted by atomic mass is 9.63. The van der Waals surface area contributed by atoms with E-state index in [0.717, 1.165) is 42.8 Å². The monoisotopic (exact) mass is 591 g/mol. The Morgan fingerprint density at radius 3 is 1.88 bits per heavy atom. The minimum atomic E-state index is -4.11. The molecule has 2 aromatic rings. The number of nitrogens with zero attached hydrogens (tertiary/aromatic N) is 1. The molecule has 42 heavy (non-hydrogen) atoms. The van der Waals surface area contributed by atoms with Crippen molar-refractivity contribution in [3.8, 4) is 11.5 Å². The summed E-state index contributed by atoms with van der Waals surface area (Å²) in [7, 11) is -2.66. The Bertz CT molecular complexity index is 1560. The third-order valence-corrected chi connectivity index (χ3v) is 9.75. The molecule has 5 rings (SSSR count). The fraction of sp³-hybridized carbons (Fsp3) is 0.471. The van der Waals surface area contributed by atoms with Gasteiger partial charge in [-0.2, -0.15) is 8.42 Å². The number of allylic oxidation sites excluding steroid dienone is 4. The number of Topliss-reactive ketones (excluding diaryl/α,β-unsaturated/α-hetero) is 2. The number of hydrogen-bond donors (Lipinski definition) is 0. The van der Waals surface area contributed by atoms with Gasteiger partial charge in [-0.3, -0.25) is 9.59 Å². The van der Waals surface area contributed by atoms with Gasteiger partial charge in [-0.15, -0.1) is 0 Å². The van der Waals surface area contributed by atoms with Gasteiger partial charge < -0.3 is 13.8 Å². The van der Waals surface area contributed by atoms with Gasteiger partial charge in [0.25, 0.3) is 0 Å². The van der Waals surface area contributed by atoms with Gasteiger partial charge in [0.1, 0.15) is 4.90 Å². The molecule has 1 heterocycles. The highest BCUT2D eigenvalue weighted by Crippen LogP contribution is 2.55. The van der Waals surface area contributed by atoms with Crippen molar-refractivity contribution in [2.24, 2.45) is 10.8 Å². The Balaban J connectivity index is 1.65. The van der Waals surface area contributed by atoms with Gasteiger partial charge in [-0.05, 0) is 66.8 Å². The second kappa shape index (κ2) is 10.7. The predicted molar refractivity (Wildman–Crippen MR) is 162 cm³/mol. The van der Waals surface area contributed by atoms with Gasteiger partial charge in [0, 0.05) is 47.8 Å². The smallest absolute Gasteiger partial charge is 0.339 e. The summed E-state index contributed by atoms with van der Waals surface area (Å²) >= 11 is 0. The van der Waals surface area contributed by atoms with E-state index < -0.39 is 16.0 Å². The highest BCUT2D eigenvalue weighted by molar-refractivity contribution is 7.87. The first-order chi connectivity index (χ1) is 19.7. The van der Waals surface area contributed by atoms with Crippen molar-refractivity contribution in [3.05, 3.63) is 76.1 Å². The van der Waals surface area contributed by atoms with Crippen molar-refractivity contribution < 1.29 is 26.9 Å². The van der Waals surface area contributed by atoms with Crippen LogP contribution in [0.2, 0.25) is 0 Å². The van der Waals surface area contributed by atoms with E-state index in [2.05, 4.69) is 39.5 Å². The lowest BCUT2D eigenvalue weighted by Gasteiger charge is -2.49. The van der Waals surface area contributed by atoms with E-state index in [-0.39, 0.29) is 38.8 Å². The van der Waals surface area contributed by atoms with Crippen LogP contribution < -0.4 is 8.92 Å². The van der Waals surface area contributed by atoms with E-state index in [9.17, 15) is 18.0 Å². The standard InChI is InChI=1S/C34H41NO6S/c1-8-15-35-24-17-33(3,4)19-26(36)31(24)30(32-25(35)18-34(5,6)20-27(32)37)22-11-14-28(29(16-22)40-7)41-42(38,39)23-12-9-21(2)10-13-23/h9-14,16,30H,8,15,17-20H2,1-7H3. The molecule has 1 aliphatic heterocycles. The summed E-state index contributed by atoms with van der Waals surface area (Å²) in [6, 6.07) is 11.5. The number of carbonyl (C=O) groups is 2. The van der Waals surface area contributed by atoms with Gasteiger partial charge >= 0.3 is 10.1 Å². The Morgan fingerprint density at radius 2 is 1.38 bits per heavy atom. The molecule has 0 saturated heterocycles. The number of ether oxygens (including phenoxy) is 1. The van der Waals surface area contributed by atoms with Gasteiger partial charge in [-0.25, -0.2) is 0 Å². The van der Waals surface area contributed by atoms with E-state index in [1.807, 2.05) is 6.92 Å². The minimum Gasteiger partial charge on any atom is -0.493 e. The van der Waals surface area contributed by atoms with Crippen LogP contribution in [-0.4, -0.2) is 38.5 Å². The molecule has 0 unspecified atom stereocenters. The number of aryl methyl sites for hydroxylation is 1. The number of ketones is 2. The molecule has 0 saturated carbocycles. The molecule has 0 radical (unpaired) electrons. The second-order valence-corrected chi connectivity index (χ2v) is 15.0. The van der Waals surface area contributed by atoms with Crippen molar-refractivity contribution in [1.29, 1.82) is 0 Å². The van der Waals surface area contributed by atoms with E-state index in [1.165, 1.54) is 19.2 Å². The number of carbonyl (C=O) groups excluding carboxylic acids is 2. The molecule has 3 aliphatic rings. The van der Waals surface area contributed by atoms with Crippen LogP contribution in [0.5, 0.6) is 11.5 Å². The molecule has 2 aliphatic carbocycles. The first-order valence-electron chi connectivity index (χ1n) is 14.7. The molecule has 0 spiro atoms. The Labute approximate surface area is 249 Å². The topological polar surface area (TPSA) is 90.0 Å². The van der Waals surface area contributed by atoms with Crippen molar-refractivity contribution in [3.63, 3.8) is 0 Å². The Hall–Kier alpha value is -3.39. The van der Waals surface area contributed by atoms with Crippen LogP contribution in [0.1, 0.15) is 83.8 Å². The average Bonchev–Trinajstić information content (AvgIpc) is 2.88. The highest BCUT2D eigenvalue weighted by atomic mass is 32.2. The van der Waals surface area contributed by atoms with E-state index in [1.54, 1.807) is 30.3 Å². The highest BCUT2D eigenvalue weighted by Gasteiger charge is 2.48. The Kier molecular flexibility index (Phi) is 7.67. The zero-order chi connectivity index (χ0) is 30.6.